The van der Waals surface area contributed by atoms with E-state index in [4.69, 9.17) is 9.72 Å². The fraction of sp³-hybridized carbons (Fsp3) is 0.462. The zero-order valence-electron chi connectivity index (χ0n) is 20.3. The molecule has 0 amide bonds. The van der Waals surface area contributed by atoms with Gasteiger partial charge >= 0.3 is 5.97 Å². The second-order valence-electron chi connectivity index (χ2n) is 11.3. The van der Waals surface area contributed by atoms with Crippen molar-refractivity contribution in [2.45, 2.75) is 67.3 Å². The molecule has 0 atom stereocenters. The molecule has 3 aromatic rings. The van der Waals surface area contributed by atoms with Crippen LogP contribution in [-0.2, 0) is 4.79 Å². The fourth-order valence-corrected chi connectivity index (χ4v) is 4.31. The molecule has 0 saturated carbocycles. The topological polar surface area (TPSA) is 55.6 Å². The van der Waals surface area contributed by atoms with Crippen molar-refractivity contribution in [2.24, 2.45) is 10.8 Å². The van der Waals surface area contributed by atoms with E-state index in [1.165, 1.54) is 0 Å². The summed E-state index contributed by atoms with van der Waals surface area (Å²) in [6.07, 6.45) is 3.02. The Morgan fingerprint density at radius 1 is 1.00 bits per heavy atom. The monoisotopic (exact) mass is 499 g/mol. The summed E-state index contributed by atoms with van der Waals surface area (Å²) in [6.45, 7) is 16.7. The number of rotatable bonds is 5. The molecule has 0 aliphatic heterocycles. The van der Waals surface area contributed by atoms with Gasteiger partial charge in [-0.05, 0) is 98.8 Å². The molecular formula is C26H34BrN3O2. The number of imidazole rings is 1. The minimum atomic E-state index is -0.552. The summed E-state index contributed by atoms with van der Waals surface area (Å²) in [5, 5.41) is 3.75. The molecule has 1 aromatic carbocycles. The van der Waals surface area contributed by atoms with Crippen molar-refractivity contribution in [3.05, 3.63) is 47.1 Å². The molecule has 0 bridgehead atoms. The Labute approximate surface area is 199 Å². The zero-order chi connectivity index (χ0) is 23.9. The second kappa shape index (κ2) is 8.54. The quantitative estimate of drug-likeness (QED) is 0.294. The van der Waals surface area contributed by atoms with E-state index in [0.29, 0.717) is 5.75 Å². The number of benzene rings is 1. The van der Waals surface area contributed by atoms with Gasteiger partial charge in [0.15, 0.2) is 0 Å². The highest BCUT2D eigenvalue weighted by molar-refractivity contribution is 9.10. The van der Waals surface area contributed by atoms with Crippen LogP contribution < -0.4 is 10.1 Å². The summed E-state index contributed by atoms with van der Waals surface area (Å²) < 4.78 is 8.59. The lowest BCUT2D eigenvalue weighted by Crippen LogP contribution is -2.36. The highest BCUT2D eigenvalue weighted by atomic mass is 79.9. The standard InChI is InChI=1S/C26H34BrN3O2/c1-24(2,3)16-26(7,8)29-22-21(28-20-14-11-18(27)15-30(20)22)17-9-12-19(13-10-17)32-23(31)25(4,5)6/h9-15,29H,16H2,1-8H3. The molecule has 0 radical (unpaired) electrons. The van der Waals surface area contributed by atoms with Crippen molar-refractivity contribution in [1.29, 1.82) is 0 Å². The molecule has 32 heavy (non-hydrogen) atoms. The number of halogens is 1. The van der Waals surface area contributed by atoms with Gasteiger partial charge in [0, 0.05) is 21.8 Å². The van der Waals surface area contributed by atoms with Gasteiger partial charge in [-0.1, -0.05) is 20.8 Å². The lowest BCUT2D eigenvalue weighted by Gasteiger charge is -2.34. The molecule has 0 fully saturated rings. The predicted octanol–water partition coefficient (Wildman–Crippen LogP) is 7.34. The number of aromatic nitrogens is 2. The van der Waals surface area contributed by atoms with Crippen LogP contribution in [0.2, 0.25) is 0 Å². The van der Waals surface area contributed by atoms with E-state index in [0.717, 1.165) is 33.6 Å². The summed E-state index contributed by atoms with van der Waals surface area (Å²) in [7, 11) is 0. The van der Waals surface area contributed by atoms with Gasteiger partial charge in [0.2, 0.25) is 0 Å². The van der Waals surface area contributed by atoms with Gasteiger partial charge in [-0.3, -0.25) is 9.20 Å². The van der Waals surface area contributed by atoms with Crippen LogP contribution >= 0.6 is 15.9 Å². The highest BCUT2D eigenvalue weighted by Gasteiger charge is 2.28. The lowest BCUT2D eigenvalue weighted by molar-refractivity contribution is -0.142. The molecule has 2 heterocycles. The van der Waals surface area contributed by atoms with E-state index in [2.05, 4.69) is 60.3 Å². The molecule has 2 aromatic heterocycles. The van der Waals surface area contributed by atoms with Crippen LogP contribution in [0.25, 0.3) is 16.9 Å². The van der Waals surface area contributed by atoms with E-state index in [-0.39, 0.29) is 16.9 Å². The number of ether oxygens (including phenoxy) is 1. The molecule has 6 heteroatoms. The number of carbonyl (C=O) groups is 1. The van der Waals surface area contributed by atoms with Gasteiger partial charge < -0.3 is 10.1 Å². The van der Waals surface area contributed by atoms with Crippen LogP contribution in [0, 0.1) is 10.8 Å². The Morgan fingerprint density at radius 2 is 1.62 bits per heavy atom. The average Bonchev–Trinajstić information content (AvgIpc) is 2.96. The average molecular weight is 500 g/mol. The number of pyridine rings is 1. The Bertz CT molecular complexity index is 1120. The van der Waals surface area contributed by atoms with E-state index in [9.17, 15) is 4.79 Å². The second-order valence-corrected chi connectivity index (χ2v) is 12.2. The summed E-state index contributed by atoms with van der Waals surface area (Å²) in [5.41, 5.74) is 2.15. The number of nitrogens with zero attached hydrogens (tertiary/aromatic N) is 2. The number of anilines is 1. The largest absolute Gasteiger partial charge is 0.426 e. The Hall–Kier alpha value is -2.34. The molecule has 5 nitrogen and oxygen atoms in total. The lowest BCUT2D eigenvalue weighted by atomic mass is 9.82. The van der Waals surface area contributed by atoms with Crippen LogP contribution in [0.3, 0.4) is 0 Å². The van der Waals surface area contributed by atoms with E-state index in [1.54, 1.807) is 0 Å². The predicted molar refractivity (Wildman–Crippen MR) is 135 cm³/mol. The smallest absolute Gasteiger partial charge is 0.316 e. The molecule has 0 unspecified atom stereocenters. The number of hydrogen-bond acceptors (Lipinski definition) is 4. The fourth-order valence-electron chi connectivity index (χ4n) is 3.97. The normalized spacial score (nSPS) is 12.8. The van der Waals surface area contributed by atoms with Crippen LogP contribution in [0.1, 0.15) is 61.8 Å². The van der Waals surface area contributed by atoms with E-state index >= 15 is 0 Å². The van der Waals surface area contributed by atoms with Gasteiger partial charge in [-0.15, -0.1) is 0 Å². The number of carbonyl (C=O) groups excluding carboxylic acids is 1. The molecule has 172 valence electrons. The maximum Gasteiger partial charge on any atom is 0.316 e. The van der Waals surface area contributed by atoms with Crippen LogP contribution in [0.15, 0.2) is 47.1 Å². The third kappa shape index (κ3) is 5.91. The zero-order valence-corrected chi connectivity index (χ0v) is 21.9. The van der Waals surface area contributed by atoms with Gasteiger partial charge in [-0.2, -0.15) is 0 Å². The summed E-state index contributed by atoms with van der Waals surface area (Å²) in [5.74, 6) is 1.21. The van der Waals surface area contributed by atoms with E-state index in [1.807, 2.05) is 63.4 Å². The summed E-state index contributed by atoms with van der Waals surface area (Å²) >= 11 is 3.58. The first-order valence-corrected chi connectivity index (χ1v) is 11.7. The van der Waals surface area contributed by atoms with Gasteiger partial charge in [0.1, 0.15) is 22.9 Å². The first kappa shape index (κ1) is 24.3. The van der Waals surface area contributed by atoms with Crippen LogP contribution in [0.4, 0.5) is 5.82 Å². The number of nitrogens with one attached hydrogen (secondary N) is 1. The first-order valence-electron chi connectivity index (χ1n) is 10.9. The van der Waals surface area contributed by atoms with Gasteiger partial charge in [-0.25, -0.2) is 4.98 Å². The number of hydrogen-bond donors (Lipinski definition) is 1. The van der Waals surface area contributed by atoms with Crippen molar-refractivity contribution in [3.63, 3.8) is 0 Å². The highest BCUT2D eigenvalue weighted by Crippen LogP contribution is 2.36. The van der Waals surface area contributed by atoms with E-state index < -0.39 is 5.41 Å². The SMILES string of the molecule is CC(C)(C)CC(C)(C)Nc1c(-c2ccc(OC(=O)C(C)(C)C)cc2)nc2ccc(Br)cn12. The van der Waals surface area contributed by atoms with Gasteiger partial charge in [0.25, 0.3) is 0 Å². The molecule has 0 aliphatic rings. The molecule has 0 aliphatic carbocycles. The summed E-state index contributed by atoms with van der Waals surface area (Å²) in [4.78, 5) is 17.1. The number of esters is 1. The minimum absolute atomic E-state index is 0.145. The number of fused-ring (bicyclic) bond motifs is 1. The molecule has 1 N–H and O–H groups in total. The molecule has 0 spiro atoms. The van der Waals surface area contributed by atoms with Gasteiger partial charge in [0.05, 0.1) is 5.41 Å². The maximum absolute atomic E-state index is 12.2. The molecule has 0 saturated heterocycles. The van der Waals surface area contributed by atoms with Crippen molar-refractivity contribution >= 4 is 33.4 Å². The van der Waals surface area contributed by atoms with Crippen molar-refractivity contribution < 1.29 is 9.53 Å². The van der Waals surface area contributed by atoms with Crippen LogP contribution in [0.5, 0.6) is 5.75 Å². The molecular weight excluding hydrogens is 466 g/mol. The molecule has 3 rings (SSSR count). The minimum Gasteiger partial charge on any atom is -0.426 e. The Kier molecular flexibility index (Phi) is 6.49. The first-order chi connectivity index (χ1) is 14.6. The third-order valence-electron chi connectivity index (χ3n) is 4.96. The van der Waals surface area contributed by atoms with Crippen LogP contribution in [-0.4, -0.2) is 20.9 Å². The van der Waals surface area contributed by atoms with Crippen molar-refractivity contribution in [3.8, 4) is 17.0 Å². The maximum atomic E-state index is 12.2. The third-order valence-corrected chi connectivity index (χ3v) is 5.43. The Balaban J connectivity index is 2.01. The Morgan fingerprint density at radius 3 is 2.19 bits per heavy atom. The summed E-state index contributed by atoms with van der Waals surface area (Å²) in [6, 6.07) is 11.5. The van der Waals surface area contributed by atoms with Crippen molar-refractivity contribution in [1.82, 2.24) is 9.38 Å². The van der Waals surface area contributed by atoms with Crippen molar-refractivity contribution in [2.75, 3.05) is 5.32 Å².